The van der Waals surface area contributed by atoms with Gasteiger partial charge in [0.05, 0.1) is 0 Å². The summed E-state index contributed by atoms with van der Waals surface area (Å²) in [5.74, 6) is 0.173. The summed E-state index contributed by atoms with van der Waals surface area (Å²) in [5.41, 5.74) is 0.162. The third-order valence-electron chi connectivity index (χ3n) is 1.17. The van der Waals surface area contributed by atoms with Gasteiger partial charge in [-0.1, -0.05) is 0 Å². The maximum Gasteiger partial charge on any atom is 0.442 e. The molecule has 0 fully saturated rings. The summed E-state index contributed by atoms with van der Waals surface area (Å²) in [5, 5.41) is 11.8. The van der Waals surface area contributed by atoms with Crippen LogP contribution < -0.4 is 5.32 Å². The van der Waals surface area contributed by atoms with E-state index in [1.54, 1.807) is 7.05 Å². The van der Waals surface area contributed by atoms with Crippen molar-refractivity contribution in [3.63, 3.8) is 0 Å². The van der Waals surface area contributed by atoms with Crippen LogP contribution in [0.2, 0.25) is 0 Å². The molecule has 0 aliphatic rings. The number of hydrogen-bond donors (Lipinski definition) is 2. The zero-order chi connectivity index (χ0) is 8.27. The van der Waals surface area contributed by atoms with Gasteiger partial charge in [0.15, 0.2) is 0 Å². The Kier molecular flexibility index (Phi) is 1.88. The molecular weight excluding hydrogens is 144 g/mol. The molecule has 0 saturated carbocycles. The Morgan fingerprint density at radius 2 is 2.36 bits per heavy atom. The van der Waals surface area contributed by atoms with Gasteiger partial charge in [0.2, 0.25) is 5.82 Å². The summed E-state index contributed by atoms with van der Waals surface area (Å²) in [6.07, 6.45) is 1.22. The Labute approximate surface area is 63.5 Å². The second kappa shape index (κ2) is 2.84. The lowest BCUT2D eigenvalue weighted by Gasteiger charge is -1.93. The molecule has 0 aliphatic heterocycles. The van der Waals surface area contributed by atoms with Crippen LogP contribution in [0.4, 0.5) is 11.5 Å². The van der Waals surface area contributed by atoms with Gasteiger partial charge in [-0.05, 0) is 4.85 Å². The number of nitrogens with one attached hydrogen (secondary N) is 1. The SMILES string of the molecule is C#[N+]c1c(O)ncnc1NC. The lowest BCUT2D eigenvalue weighted by Crippen LogP contribution is -1.92. The summed E-state index contributed by atoms with van der Waals surface area (Å²) in [6.45, 7) is 4.97. The van der Waals surface area contributed by atoms with Crippen molar-refractivity contribution in [2.75, 3.05) is 12.4 Å². The van der Waals surface area contributed by atoms with Gasteiger partial charge < -0.3 is 10.4 Å². The molecule has 0 saturated heterocycles. The van der Waals surface area contributed by atoms with Gasteiger partial charge in [-0.2, -0.15) is 4.98 Å². The van der Waals surface area contributed by atoms with Crippen molar-refractivity contribution in [1.82, 2.24) is 9.97 Å². The summed E-state index contributed by atoms with van der Waals surface area (Å²) in [7, 11) is 1.65. The van der Waals surface area contributed by atoms with Gasteiger partial charge in [-0.25, -0.2) is 4.98 Å². The number of aromatic nitrogens is 2. The Morgan fingerprint density at radius 3 is 2.82 bits per heavy atom. The number of anilines is 1. The van der Waals surface area contributed by atoms with Crippen molar-refractivity contribution in [3.05, 3.63) is 11.2 Å². The van der Waals surface area contributed by atoms with Crippen LogP contribution in [0.25, 0.3) is 4.85 Å². The standard InChI is InChI=1S/C6H6N4O/c1-7-4-5(8-2)9-3-10-6(4)11/h1,3H,2H3,(H-,8,9,10,11)/p+1. The van der Waals surface area contributed by atoms with Gasteiger partial charge in [0, 0.05) is 7.05 Å². The molecule has 5 heteroatoms. The predicted octanol–water partition coefficient (Wildman–Crippen LogP) is 0.818. The van der Waals surface area contributed by atoms with Gasteiger partial charge in [0.25, 0.3) is 6.57 Å². The van der Waals surface area contributed by atoms with E-state index in [2.05, 4.69) is 20.1 Å². The highest BCUT2D eigenvalue weighted by molar-refractivity contribution is 5.70. The molecule has 0 spiro atoms. The van der Waals surface area contributed by atoms with Crippen molar-refractivity contribution in [3.8, 4) is 12.5 Å². The second-order valence-electron chi connectivity index (χ2n) is 1.77. The average Bonchev–Trinajstić information content (AvgIpc) is 2.04. The molecule has 0 unspecified atom stereocenters. The van der Waals surface area contributed by atoms with E-state index >= 15 is 0 Å². The van der Waals surface area contributed by atoms with E-state index in [1.165, 1.54) is 6.33 Å². The summed E-state index contributed by atoms with van der Waals surface area (Å²) >= 11 is 0. The van der Waals surface area contributed by atoms with Crippen LogP contribution in [-0.2, 0) is 0 Å². The van der Waals surface area contributed by atoms with E-state index in [1.807, 2.05) is 0 Å². The van der Waals surface area contributed by atoms with E-state index in [9.17, 15) is 0 Å². The van der Waals surface area contributed by atoms with Crippen LogP contribution in [0, 0.1) is 6.57 Å². The smallest absolute Gasteiger partial charge is 0.442 e. The van der Waals surface area contributed by atoms with Crippen LogP contribution in [-0.4, -0.2) is 22.1 Å². The third kappa shape index (κ3) is 1.19. The molecule has 11 heavy (non-hydrogen) atoms. The van der Waals surface area contributed by atoms with Crippen LogP contribution in [0.3, 0.4) is 0 Å². The molecule has 1 aromatic rings. The number of hydrogen-bond acceptors (Lipinski definition) is 4. The molecule has 0 amide bonds. The van der Waals surface area contributed by atoms with Crippen molar-refractivity contribution in [1.29, 1.82) is 0 Å². The van der Waals surface area contributed by atoms with Gasteiger partial charge >= 0.3 is 11.6 Å². The molecule has 5 nitrogen and oxygen atoms in total. The Hall–Kier alpha value is -1.83. The summed E-state index contributed by atoms with van der Waals surface area (Å²) in [6, 6.07) is 0. The molecule has 0 bridgehead atoms. The van der Waals surface area contributed by atoms with E-state index < -0.39 is 0 Å². The lowest BCUT2D eigenvalue weighted by atomic mass is 10.4. The second-order valence-corrected chi connectivity index (χ2v) is 1.77. The minimum absolute atomic E-state index is 0.162. The minimum Gasteiger partial charge on any atom is -0.488 e. The normalized spacial score (nSPS) is 8.73. The monoisotopic (exact) mass is 151 g/mol. The van der Waals surface area contributed by atoms with E-state index in [4.69, 9.17) is 11.7 Å². The topological polar surface area (TPSA) is 62.4 Å². The maximum absolute atomic E-state index is 9.06. The van der Waals surface area contributed by atoms with E-state index in [0.717, 1.165) is 0 Å². The Balaban J connectivity index is 3.27. The number of rotatable bonds is 1. The third-order valence-corrected chi connectivity index (χ3v) is 1.17. The predicted molar refractivity (Wildman–Crippen MR) is 41.2 cm³/mol. The fraction of sp³-hybridized carbons (Fsp3) is 0.167. The highest BCUT2D eigenvalue weighted by Crippen LogP contribution is 2.29. The minimum atomic E-state index is -0.230. The van der Waals surface area contributed by atoms with Crippen LogP contribution in [0.15, 0.2) is 6.33 Å². The maximum atomic E-state index is 9.06. The van der Waals surface area contributed by atoms with Gasteiger partial charge in [-0.15, -0.1) is 0 Å². The fourth-order valence-electron chi connectivity index (χ4n) is 0.671. The molecule has 0 aromatic carbocycles. The summed E-state index contributed by atoms with van der Waals surface area (Å²) < 4.78 is 0. The largest absolute Gasteiger partial charge is 0.488 e. The molecule has 1 aromatic heterocycles. The van der Waals surface area contributed by atoms with Crippen molar-refractivity contribution < 1.29 is 5.11 Å². The first-order valence-corrected chi connectivity index (χ1v) is 2.92. The van der Waals surface area contributed by atoms with Crippen LogP contribution in [0.5, 0.6) is 5.88 Å². The molecule has 0 radical (unpaired) electrons. The first-order valence-electron chi connectivity index (χ1n) is 2.92. The molecule has 56 valence electrons. The van der Waals surface area contributed by atoms with Crippen LogP contribution >= 0.6 is 0 Å². The van der Waals surface area contributed by atoms with E-state index in [-0.39, 0.29) is 11.6 Å². The Bertz CT molecular complexity index is 304. The van der Waals surface area contributed by atoms with Crippen LogP contribution in [0.1, 0.15) is 0 Å². The molecular formula is C6H7N4O+. The van der Waals surface area contributed by atoms with E-state index in [0.29, 0.717) is 5.82 Å². The number of nitrogens with zero attached hydrogens (tertiary/aromatic N) is 3. The fourth-order valence-corrected chi connectivity index (χ4v) is 0.671. The molecule has 2 N–H and O–H groups in total. The van der Waals surface area contributed by atoms with Crippen molar-refractivity contribution >= 4 is 11.5 Å². The zero-order valence-electron chi connectivity index (χ0n) is 5.94. The molecule has 0 aliphatic carbocycles. The quantitative estimate of drug-likeness (QED) is 0.623. The molecule has 0 atom stereocenters. The van der Waals surface area contributed by atoms with Crippen molar-refractivity contribution in [2.45, 2.75) is 0 Å². The summed E-state index contributed by atoms with van der Waals surface area (Å²) in [4.78, 5) is 10.6. The first kappa shape index (κ1) is 7.28. The highest BCUT2D eigenvalue weighted by atomic mass is 16.3. The highest BCUT2D eigenvalue weighted by Gasteiger charge is 2.17. The molecule has 1 rings (SSSR count). The average molecular weight is 151 g/mol. The Morgan fingerprint density at radius 1 is 1.64 bits per heavy atom. The van der Waals surface area contributed by atoms with Gasteiger partial charge in [-0.3, -0.25) is 0 Å². The van der Waals surface area contributed by atoms with Gasteiger partial charge in [0.1, 0.15) is 6.33 Å². The zero-order valence-corrected chi connectivity index (χ0v) is 5.94. The lowest BCUT2D eigenvalue weighted by molar-refractivity contribution is 0.456. The molecule has 1 heterocycles. The number of aromatic hydroxyl groups is 1. The first-order chi connectivity index (χ1) is 5.29. The van der Waals surface area contributed by atoms with Crippen molar-refractivity contribution in [2.24, 2.45) is 0 Å².